The third-order valence-corrected chi connectivity index (χ3v) is 6.66. The molecule has 0 spiro atoms. The molecule has 1 aliphatic rings. The number of aromatic nitrogens is 3. The lowest BCUT2D eigenvalue weighted by atomic mass is 10.1. The zero-order valence-corrected chi connectivity index (χ0v) is 22.0. The van der Waals surface area contributed by atoms with E-state index in [9.17, 15) is 14.4 Å². The lowest BCUT2D eigenvalue weighted by molar-refractivity contribution is -0.0581. The number of benzene rings is 2. The molecular formula is C30H28N4O6. The normalized spacial score (nSPS) is 18.3. The third-order valence-electron chi connectivity index (χ3n) is 6.66. The Morgan fingerprint density at radius 1 is 1.00 bits per heavy atom. The van der Waals surface area contributed by atoms with Gasteiger partial charge in [0.1, 0.15) is 30.9 Å². The SMILES string of the molecule is Cc1ccc(C(=O)OC[C@H]2O[C@H](n3cc(-c4cccnc4)c(N)nc3=O)C[C@@H]2OC(=O)c2ccc(C)cc2)cc1. The van der Waals surface area contributed by atoms with Crippen LogP contribution >= 0.6 is 0 Å². The van der Waals surface area contributed by atoms with Crippen molar-refractivity contribution in [2.75, 3.05) is 12.3 Å². The molecule has 0 aliphatic carbocycles. The fraction of sp³-hybridized carbons (Fsp3) is 0.233. The van der Waals surface area contributed by atoms with Gasteiger partial charge in [-0.2, -0.15) is 4.98 Å². The van der Waals surface area contributed by atoms with Crippen molar-refractivity contribution in [2.45, 2.75) is 38.7 Å². The Labute approximate surface area is 230 Å². The van der Waals surface area contributed by atoms with Gasteiger partial charge in [0.05, 0.1) is 11.1 Å². The molecule has 0 saturated carbocycles. The summed E-state index contributed by atoms with van der Waals surface area (Å²) in [4.78, 5) is 46.6. The van der Waals surface area contributed by atoms with E-state index in [2.05, 4.69) is 9.97 Å². The predicted octanol–water partition coefficient (Wildman–Crippen LogP) is 3.87. The predicted molar refractivity (Wildman–Crippen MR) is 147 cm³/mol. The number of pyridine rings is 1. The molecule has 3 atom stereocenters. The molecule has 0 amide bonds. The van der Waals surface area contributed by atoms with Gasteiger partial charge < -0.3 is 19.9 Å². The summed E-state index contributed by atoms with van der Waals surface area (Å²) in [5.41, 5.74) is 9.35. The highest BCUT2D eigenvalue weighted by Crippen LogP contribution is 2.32. The zero-order valence-electron chi connectivity index (χ0n) is 22.0. The average molecular weight is 541 g/mol. The number of nitrogen functional groups attached to an aromatic ring is 1. The molecule has 0 bridgehead atoms. The molecule has 2 aromatic carbocycles. The molecule has 0 radical (unpaired) electrons. The minimum Gasteiger partial charge on any atom is -0.459 e. The number of nitrogens with two attached hydrogens (primary N) is 1. The molecule has 10 heteroatoms. The van der Waals surface area contributed by atoms with Crippen LogP contribution in [0, 0.1) is 13.8 Å². The monoisotopic (exact) mass is 540 g/mol. The number of nitrogens with zero attached hydrogens (tertiary/aromatic N) is 3. The maximum absolute atomic E-state index is 13.0. The van der Waals surface area contributed by atoms with Gasteiger partial charge in [-0.25, -0.2) is 14.4 Å². The van der Waals surface area contributed by atoms with Crippen molar-refractivity contribution in [2.24, 2.45) is 0 Å². The van der Waals surface area contributed by atoms with Crippen LogP contribution in [-0.2, 0) is 14.2 Å². The first-order valence-electron chi connectivity index (χ1n) is 12.7. The Balaban J connectivity index is 1.39. The van der Waals surface area contributed by atoms with Gasteiger partial charge in [-0.1, -0.05) is 41.5 Å². The van der Waals surface area contributed by atoms with Crippen molar-refractivity contribution < 1.29 is 23.8 Å². The van der Waals surface area contributed by atoms with Gasteiger partial charge in [0.25, 0.3) is 0 Å². The highest BCUT2D eigenvalue weighted by Gasteiger charge is 2.40. The first-order valence-corrected chi connectivity index (χ1v) is 12.7. The largest absolute Gasteiger partial charge is 0.459 e. The van der Waals surface area contributed by atoms with Crippen molar-refractivity contribution in [3.05, 3.63) is 112 Å². The number of carbonyl (C=O) groups is 2. The highest BCUT2D eigenvalue weighted by molar-refractivity contribution is 5.90. The Morgan fingerprint density at radius 2 is 1.65 bits per heavy atom. The quantitative estimate of drug-likeness (QED) is 0.346. The first-order chi connectivity index (χ1) is 19.3. The molecule has 1 aliphatic heterocycles. The van der Waals surface area contributed by atoms with Crippen molar-refractivity contribution in [3.63, 3.8) is 0 Å². The number of esters is 2. The van der Waals surface area contributed by atoms with Crippen LogP contribution in [0.25, 0.3) is 11.1 Å². The molecule has 2 N–H and O–H groups in total. The second-order valence-corrected chi connectivity index (χ2v) is 9.61. The number of ether oxygens (including phenoxy) is 3. The Kier molecular flexibility index (Phi) is 7.70. The van der Waals surface area contributed by atoms with E-state index in [-0.39, 0.29) is 18.8 Å². The Hall–Kier alpha value is -4.83. The molecule has 5 rings (SSSR count). The number of hydrogen-bond donors (Lipinski definition) is 1. The van der Waals surface area contributed by atoms with E-state index in [1.54, 1.807) is 55.0 Å². The second-order valence-electron chi connectivity index (χ2n) is 9.61. The van der Waals surface area contributed by atoms with Crippen LogP contribution in [0.3, 0.4) is 0 Å². The van der Waals surface area contributed by atoms with Crippen molar-refractivity contribution in [1.82, 2.24) is 14.5 Å². The van der Waals surface area contributed by atoms with E-state index in [1.807, 2.05) is 38.1 Å². The van der Waals surface area contributed by atoms with E-state index in [4.69, 9.17) is 19.9 Å². The van der Waals surface area contributed by atoms with Gasteiger partial charge >= 0.3 is 17.6 Å². The van der Waals surface area contributed by atoms with Crippen LogP contribution in [0.4, 0.5) is 5.82 Å². The van der Waals surface area contributed by atoms with Gasteiger partial charge in [-0.05, 0) is 44.2 Å². The van der Waals surface area contributed by atoms with E-state index in [0.717, 1.165) is 11.1 Å². The molecule has 40 heavy (non-hydrogen) atoms. The highest BCUT2D eigenvalue weighted by atomic mass is 16.6. The molecule has 3 heterocycles. The number of hydrogen-bond acceptors (Lipinski definition) is 9. The second kappa shape index (κ2) is 11.5. The Morgan fingerprint density at radius 3 is 2.27 bits per heavy atom. The van der Waals surface area contributed by atoms with Crippen molar-refractivity contribution >= 4 is 17.8 Å². The molecular weight excluding hydrogens is 512 g/mol. The number of anilines is 1. The molecule has 1 saturated heterocycles. The minimum absolute atomic E-state index is 0.0539. The van der Waals surface area contributed by atoms with Gasteiger partial charge in [0.15, 0.2) is 0 Å². The number of rotatable bonds is 7. The van der Waals surface area contributed by atoms with Gasteiger partial charge in [-0.3, -0.25) is 9.55 Å². The van der Waals surface area contributed by atoms with E-state index < -0.39 is 36.1 Å². The van der Waals surface area contributed by atoms with Crippen LogP contribution in [-0.4, -0.2) is 45.3 Å². The van der Waals surface area contributed by atoms with Crippen LogP contribution in [0.2, 0.25) is 0 Å². The first kappa shape index (κ1) is 26.8. The summed E-state index contributed by atoms with van der Waals surface area (Å²) in [6.45, 7) is 3.64. The summed E-state index contributed by atoms with van der Waals surface area (Å²) < 4.78 is 18.8. The maximum Gasteiger partial charge on any atom is 0.351 e. The van der Waals surface area contributed by atoms with Crippen LogP contribution in [0.15, 0.2) is 84.0 Å². The van der Waals surface area contributed by atoms with Crippen LogP contribution in [0.5, 0.6) is 0 Å². The standard InChI is InChI=1S/C30H28N4O6/c1-18-5-9-20(10-6-18)28(35)38-17-25-24(40-29(36)21-11-7-19(2)8-12-21)14-26(39-25)34-16-23(27(31)33-30(34)37)22-4-3-13-32-15-22/h3-13,15-16,24-26H,14,17H2,1-2H3,(H2,31,33,37)/t24-,25+,26-/m0/s1. The molecule has 2 aromatic heterocycles. The zero-order chi connectivity index (χ0) is 28.2. The van der Waals surface area contributed by atoms with Crippen LogP contribution < -0.4 is 11.4 Å². The fourth-order valence-electron chi connectivity index (χ4n) is 4.40. The summed E-state index contributed by atoms with van der Waals surface area (Å²) in [6.07, 6.45) is 2.41. The molecule has 4 aromatic rings. The van der Waals surface area contributed by atoms with E-state index in [0.29, 0.717) is 22.3 Å². The molecule has 1 fully saturated rings. The number of aryl methyl sites for hydroxylation is 2. The lowest BCUT2D eigenvalue weighted by Gasteiger charge is -2.19. The Bertz CT molecular complexity index is 1570. The summed E-state index contributed by atoms with van der Waals surface area (Å²) in [5.74, 6) is -1.04. The van der Waals surface area contributed by atoms with E-state index >= 15 is 0 Å². The summed E-state index contributed by atoms with van der Waals surface area (Å²) >= 11 is 0. The van der Waals surface area contributed by atoms with Crippen molar-refractivity contribution in [3.8, 4) is 11.1 Å². The number of carbonyl (C=O) groups excluding carboxylic acids is 2. The summed E-state index contributed by atoms with van der Waals surface area (Å²) in [7, 11) is 0. The van der Waals surface area contributed by atoms with Gasteiger partial charge in [0.2, 0.25) is 0 Å². The van der Waals surface area contributed by atoms with E-state index in [1.165, 1.54) is 4.57 Å². The topological polar surface area (TPSA) is 136 Å². The molecule has 204 valence electrons. The third kappa shape index (κ3) is 5.92. The van der Waals surface area contributed by atoms with Gasteiger partial charge in [0, 0.05) is 36.1 Å². The fourth-order valence-corrected chi connectivity index (χ4v) is 4.40. The smallest absolute Gasteiger partial charge is 0.351 e. The van der Waals surface area contributed by atoms with Crippen LogP contribution in [0.1, 0.15) is 44.5 Å². The lowest BCUT2D eigenvalue weighted by Crippen LogP contribution is -2.32. The molecule has 0 unspecified atom stereocenters. The minimum atomic E-state index is -0.852. The maximum atomic E-state index is 13.0. The summed E-state index contributed by atoms with van der Waals surface area (Å²) in [5, 5.41) is 0. The van der Waals surface area contributed by atoms with Gasteiger partial charge in [-0.15, -0.1) is 0 Å². The van der Waals surface area contributed by atoms with Crippen molar-refractivity contribution in [1.29, 1.82) is 0 Å². The average Bonchev–Trinajstić information content (AvgIpc) is 3.35. The summed E-state index contributed by atoms with van der Waals surface area (Å²) in [6, 6.07) is 17.5. The molecule has 10 nitrogen and oxygen atoms in total.